The minimum Gasteiger partial charge on any atom is -0.337 e. The molecule has 0 bridgehead atoms. The lowest BCUT2D eigenvalue weighted by Gasteiger charge is -2.22. The third-order valence-electron chi connectivity index (χ3n) is 3.39. The van der Waals surface area contributed by atoms with Crippen LogP contribution in [-0.4, -0.2) is 38.8 Å². The first-order valence-electron chi connectivity index (χ1n) is 7.40. The first kappa shape index (κ1) is 19.7. The van der Waals surface area contributed by atoms with Crippen molar-refractivity contribution in [2.75, 3.05) is 7.05 Å². The van der Waals surface area contributed by atoms with Crippen molar-refractivity contribution in [2.24, 2.45) is 0 Å². The molecule has 1 aromatic carbocycles. The third kappa shape index (κ3) is 5.67. The van der Waals surface area contributed by atoms with Gasteiger partial charge in [-0.3, -0.25) is 4.79 Å². The predicted octanol–water partition coefficient (Wildman–Crippen LogP) is 4.24. The third-order valence-corrected chi connectivity index (χ3v) is 5.00. The van der Waals surface area contributed by atoms with Crippen molar-refractivity contribution < 1.29 is 18.0 Å². The number of carbonyl (C=O) groups excluding carboxylic acids is 1. The molecule has 0 N–H and O–H groups in total. The lowest BCUT2D eigenvalue weighted by atomic mass is 10.4. The summed E-state index contributed by atoms with van der Waals surface area (Å²) in [6.07, 6.45) is -1.80. The Morgan fingerprint density at radius 2 is 2.08 bits per heavy atom. The van der Waals surface area contributed by atoms with Gasteiger partial charge in [0.25, 0.3) is 0 Å². The Kier molecular flexibility index (Phi) is 6.40. The molecule has 25 heavy (non-hydrogen) atoms. The average Bonchev–Trinajstić information content (AvgIpc) is 2.93. The number of carbonyl (C=O) groups is 1. The summed E-state index contributed by atoms with van der Waals surface area (Å²) >= 11 is 7.39. The molecule has 0 saturated carbocycles. The second-order valence-corrected chi connectivity index (χ2v) is 7.26. The highest BCUT2D eigenvalue weighted by atomic mass is 35.5. The Balaban J connectivity index is 2.01. The summed E-state index contributed by atoms with van der Waals surface area (Å²) in [5.74, 6) is -0.0328. The number of halogens is 4. The van der Waals surface area contributed by atoms with Gasteiger partial charge in [-0.15, -0.1) is 11.8 Å². The molecule has 0 fully saturated rings. The van der Waals surface area contributed by atoms with Crippen LogP contribution in [0.15, 0.2) is 41.6 Å². The molecule has 1 atom stereocenters. The van der Waals surface area contributed by atoms with E-state index in [1.165, 1.54) is 29.1 Å². The molecule has 0 saturated heterocycles. The van der Waals surface area contributed by atoms with Gasteiger partial charge in [0.2, 0.25) is 5.91 Å². The van der Waals surface area contributed by atoms with Gasteiger partial charge in [-0.2, -0.15) is 13.2 Å². The Morgan fingerprint density at radius 3 is 2.72 bits per heavy atom. The molecule has 9 heteroatoms. The van der Waals surface area contributed by atoms with E-state index < -0.39 is 18.0 Å². The fourth-order valence-electron chi connectivity index (χ4n) is 2.21. The van der Waals surface area contributed by atoms with Crippen molar-refractivity contribution in [3.63, 3.8) is 0 Å². The Hall–Kier alpha value is -1.67. The number of imidazole rings is 1. The first-order chi connectivity index (χ1) is 11.7. The van der Waals surface area contributed by atoms with Crippen LogP contribution >= 0.6 is 23.4 Å². The Morgan fingerprint density at radius 1 is 1.40 bits per heavy atom. The molecular formula is C16H17ClF3N3OS. The zero-order chi connectivity index (χ0) is 18.6. The summed E-state index contributed by atoms with van der Waals surface area (Å²) in [7, 11) is 1.54. The number of thioether (sulfide) groups is 1. The molecule has 1 amide bonds. The number of hydrogen-bond donors (Lipinski definition) is 0. The van der Waals surface area contributed by atoms with Gasteiger partial charge in [0, 0.05) is 24.3 Å². The normalized spacial score (nSPS) is 12.9. The van der Waals surface area contributed by atoms with E-state index >= 15 is 0 Å². The van der Waals surface area contributed by atoms with E-state index in [1.54, 1.807) is 26.1 Å². The number of amides is 1. The van der Waals surface area contributed by atoms with E-state index in [0.717, 1.165) is 9.46 Å². The van der Waals surface area contributed by atoms with E-state index in [0.29, 0.717) is 5.02 Å². The minimum atomic E-state index is -4.34. The molecule has 2 aromatic rings. The van der Waals surface area contributed by atoms with Gasteiger partial charge < -0.3 is 9.47 Å². The smallest absolute Gasteiger partial charge is 0.337 e. The number of nitrogens with zero attached hydrogens (tertiary/aromatic N) is 3. The zero-order valence-electron chi connectivity index (χ0n) is 13.6. The van der Waals surface area contributed by atoms with Gasteiger partial charge in [-0.25, -0.2) is 4.98 Å². The van der Waals surface area contributed by atoms with E-state index in [1.807, 2.05) is 12.1 Å². The van der Waals surface area contributed by atoms with Gasteiger partial charge in [-0.05, 0) is 19.1 Å². The minimum absolute atomic E-state index is 0.00463. The Bertz CT molecular complexity index is 735. The summed E-state index contributed by atoms with van der Waals surface area (Å²) in [6, 6.07) is 7.17. The number of aromatic nitrogens is 2. The van der Waals surface area contributed by atoms with Gasteiger partial charge >= 0.3 is 6.18 Å². The maximum Gasteiger partial charge on any atom is 0.406 e. The molecule has 136 valence electrons. The van der Waals surface area contributed by atoms with Crippen LogP contribution in [0, 0.1) is 0 Å². The monoisotopic (exact) mass is 391 g/mol. The van der Waals surface area contributed by atoms with Crippen molar-refractivity contribution in [1.82, 2.24) is 14.5 Å². The summed E-state index contributed by atoms with van der Waals surface area (Å²) in [6.45, 7) is 0.596. The maximum atomic E-state index is 12.6. The van der Waals surface area contributed by atoms with Crippen LogP contribution in [0.4, 0.5) is 13.2 Å². The van der Waals surface area contributed by atoms with E-state index in [2.05, 4.69) is 4.98 Å². The number of benzene rings is 1. The van der Waals surface area contributed by atoms with Crippen LogP contribution in [0.5, 0.6) is 0 Å². The quantitative estimate of drug-likeness (QED) is 0.691. The second kappa shape index (κ2) is 8.14. The molecule has 1 aromatic heterocycles. The Labute approximate surface area is 153 Å². The molecule has 1 heterocycles. The maximum absolute atomic E-state index is 12.6. The van der Waals surface area contributed by atoms with Crippen LogP contribution in [0.3, 0.4) is 0 Å². The molecule has 2 rings (SSSR count). The van der Waals surface area contributed by atoms with E-state index in [4.69, 9.17) is 11.6 Å². The molecule has 4 nitrogen and oxygen atoms in total. The molecule has 1 unspecified atom stereocenters. The molecule has 0 aliphatic heterocycles. The van der Waals surface area contributed by atoms with E-state index in [-0.39, 0.29) is 18.3 Å². The van der Waals surface area contributed by atoms with Crippen molar-refractivity contribution in [1.29, 1.82) is 0 Å². The average molecular weight is 392 g/mol. The highest BCUT2D eigenvalue weighted by molar-refractivity contribution is 8.00. The van der Waals surface area contributed by atoms with Crippen LogP contribution in [-0.2, 0) is 17.9 Å². The van der Waals surface area contributed by atoms with Crippen LogP contribution < -0.4 is 0 Å². The lowest BCUT2D eigenvalue weighted by molar-refractivity contribution is -0.141. The van der Waals surface area contributed by atoms with Crippen molar-refractivity contribution in [2.45, 2.75) is 36.3 Å². The van der Waals surface area contributed by atoms with Gasteiger partial charge in [0.05, 0.1) is 16.8 Å². The SMILES string of the molecule is CC(Sc1ccccc1Cl)C(=O)N(C)Cc1nccn1CC(F)(F)F. The topological polar surface area (TPSA) is 38.1 Å². The predicted molar refractivity (Wildman–Crippen MR) is 91.5 cm³/mol. The standard InChI is InChI=1S/C16H17ClF3N3OS/c1-11(25-13-6-4-3-5-12(13)17)15(24)22(2)9-14-21-7-8-23(14)10-16(18,19)20/h3-8,11H,9-10H2,1-2H3. The van der Waals surface area contributed by atoms with Gasteiger partial charge in [0.1, 0.15) is 12.4 Å². The van der Waals surface area contributed by atoms with Gasteiger partial charge in [-0.1, -0.05) is 23.7 Å². The van der Waals surface area contributed by atoms with Gasteiger partial charge in [0.15, 0.2) is 0 Å². The molecule has 0 spiro atoms. The molecule has 0 aliphatic rings. The lowest BCUT2D eigenvalue weighted by Crippen LogP contribution is -2.34. The highest BCUT2D eigenvalue weighted by Crippen LogP contribution is 2.30. The summed E-state index contributed by atoms with van der Waals surface area (Å²) in [5, 5.41) is 0.117. The van der Waals surface area contributed by atoms with Crippen molar-refractivity contribution >= 4 is 29.3 Å². The molecule has 0 aliphatic carbocycles. The number of rotatable bonds is 6. The molecule has 0 radical (unpaired) electrons. The van der Waals surface area contributed by atoms with Crippen LogP contribution in [0.2, 0.25) is 5.02 Å². The largest absolute Gasteiger partial charge is 0.406 e. The number of hydrogen-bond acceptors (Lipinski definition) is 3. The summed E-state index contributed by atoms with van der Waals surface area (Å²) < 4.78 is 38.7. The summed E-state index contributed by atoms with van der Waals surface area (Å²) in [5.41, 5.74) is 0. The van der Waals surface area contributed by atoms with Crippen LogP contribution in [0.1, 0.15) is 12.7 Å². The molecular weight excluding hydrogens is 375 g/mol. The fourth-order valence-corrected chi connectivity index (χ4v) is 3.48. The van der Waals surface area contributed by atoms with Crippen molar-refractivity contribution in [3.8, 4) is 0 Å². The van der Waals surface area contributed by atoms with Crippen LogP contribution in [0.25, 0.3) is 0 Å². The summed E-state index contributed by atoms with van der Waals surface area (Å²) in [4.78, 5) is 18.5. The van der Waals surface area contributed by atoms with Crippen molar-refractivity contribution in [3.05, 3.63) is 47.5 Å². The first-order valence-corrected chi connectivity index (χ1v) is 8.66. The fraction of sp³-hybridized carbons (Fsp3) is 0.375. The highest BCUT2D eigenvalue weighted by Gasteiger charge is 2.29. The second-order valence-electron chi connectivity index (χ2n) is 5.47. The van der Waals surface area contributed by atoms with E-state index in [9.17, 15) is 18.0 Å². The zero-order valence-corrected chi connectivity index (χ0v) is 15.2. The number of alkyl halides is 3.